The predicted octanol–water partition coefficient (Wildman–Crippen LogP) is -0.316. The van der Waals surface area contributed by atoms with Crippen LogP contribution in [0.15, 0.2) is 30.3 Å². The van der Waals surface area contributed by atoms with E-state index in [1.807, 2.05) is 30.3 Å². The highest BCUT2D eigenvalue weighted by Gasteiger charge is 2.04. The van der Waals surface area contributed by atoms with Crippen molar-refractivity contribution >= 4 is 6.03 Å². The van der Waals surface area contributed by atoms with Crippen LogP contribution in [0.2, 0.25) is 0 Å². The molecule has 6 nitrogen and oxygen atoms in total. The molecule has 2 amide bonds. The van der Waals surface area contributed by atoms with Gasteiger partial charge in [-0.25, -0.2) is 4.79 Å². The summed E-state index contributed by atoms with van der Waals surface area (Å²) in [5.41, 5.74) is 4.90. The number of aliphatic hydroxyl groups is 1. The first-order chi connectivity index (χ1) is 8.68. The molecule has 0 heterocycles. The third-order valence-corrected chi connectivity index (χ3v) is 2.17. The first-order valence-electron chi connectivity index (χ1n) is 5.78. The summed E-state index contributed by atoms with van der Waals surface area (Å²) >= 11 is 0. The predicted molar refractivity (Wildman–Crippen MR) is 68.4 cm³/mol. The number of rotatable bonds is 8. The van der Waals surface area contributed by atoms with E-state index in [0.29, 0.717) is 19.6 Å². The molecule has 0 aliphatic heterocycles. The minimum atomic E-state index is -0.598. The summed E-state index contributed by atoms with van der Waals surface area (Å²) in [4.78, 5) is 10.4. The van der Waals surface area contributed by atoms with E-state index in [9.17, 15) is 9.90 Å². The number of ether oxygens (including phenoxy) is 1. The highest BCUT2D eigenvalue weighted by molar-refractivity contribution is 5.71. The van der Waals surface area contributed by atoms with Crippen molar-refractivity contribution in [1.82, 2.24) is 10.6 Å². The summed E-state index contributed by atoms with van der Waals surface area (Å²) in [5, 5.41) is 15.0. The average Bonchev–Trinajstić information content (AvgIpc) is 2.37. The quantitative estimate of drug-likeness (QED) is 0.478. The van der Waals surface area contributed by atoms with Crippen molar-refractivity contribution in [1.29, 1.82) is 0 Å². The number of para-hydroxylation sites is 1. The van der Waals surface area contributed by atoms with E-state index >= 15 is 0 Å². The molecule has 0 radical (unpaired) electrons. The average molecular weight is 253 g/mol. The molecule has 1 rings (SSSR count). The van der Waals surface area contributed by atoms with Crippen LogP contribution in [0.5, 0.6) is 5.75 Å². The Kier molecular flexibility index (Phi) is 6.60. The van der Waals surface area contributed by atoms with E-state index in [1.165, 1.54) is 0 Å². The van der Waals surface area contributed by atoms with E-state index in [2.05, 4.69) is 10.6 Å². The number of amides is 2. The molecule has 0 aliphatic carbocycles. The number of aliphatic hydroxyl groups excluding tert-OH is 1. The minimum Gasteiger partial charge on any atom is -0.491 e. The number of hydrogen-bond donors (Lipinski definition) is 4. The van der Waals surface area contributed by atoms with E-state index in [1.54, 1.807) is 0 Å². The summed E-state index contributed by atoms with van der Waals surface area (Å²) in [6, 6.07) is 8.75. The molecule has 1 atom stereocenters. The van der Waals surface area contributed by atoms with Crippen LogP contribution in [0.3, 0.4) is 0 Å². The first-order valence-corrected chi connectivity index (χ1v) is 5.78. The topological polar surface area (TPSA) is 96.6 Å². The fourth-order valence-electron chi connectivity index (χ4n) is 1.31. The van der Waals surface area contributed by atoms with Gasteiger partial charge in [-0.1, -0.05) is 18.2 Å². The summed E-state index contributed by atoms with van der Waals surface area (Å²) < 4.78 is 5.38. The Morgan fingerprint density at radius 3 is 2.72 bits per heavy atom. The van der Waals surface area contributed by atoms with Crippen LogP contribution < -0.4 is 21.1 Å². The van der Waals surface area contributed by atoms with Crippen molar-refractivity contribution in [3.63, 3.8) is 0 Å². The molecule has 100 valence electrons. The second kappa shape index (κ2) is 8.32. The standard InChI is InChI=1S/C12H19N3O3/c13-12(17)15-7-6-14-8-10(16)9-18-11-4-2-1-3-5-11/h1-5,10,14,16H,6-9H2,(H3,13,15,17). The smallest absolute Gasteiger partial charge is 0.312 e. The third-order valence-electron chi connectivity index (χ3n) is 2.17. The Balaban J connectivity index is 2.04. The molecule has 1 aromatic carbocycles. The Bertz CT molecular complexity index is 346. The summed E-state index contributed by atoms with van der Waals surface area (Å²) in [6.07, 6.45) is -0.598. The van der Waals surface area contributed by atoms with Gasteiger partial charge in [0.1, 0.15) is 18.5 Å². The van der Waals surface area contributed by atoms with Crippen LogP contribution in [-0.4, -0.2) is 43.5 Å². The molecule has 18 heavy (non-hydrogen) atoms. The summed E-state index contributed by atoms with van der Waals surface area (Å²) in [5.74, 6) is 0.729. The van der Waals surface area contributed by atoms with Gasteiger partial charge in [-0.05, 0) is 12.1 Å². The molecule has 0 aromatic heterocycles. The van der Waals surface area contributed by atoms with Gasteiger partial charge in [-0.15, -0.1) is 0 Å². The number of benzene rings is 1. The Morgan fingerprint density at radius 2 is 2.06 bits per heavy atom. The third kappa shape index (κ3) is 6.72. The van der Waals surface area contributed by atoms with Crippen LogP contribution in [-0.2, 0) is 0 Å². The van der Waals surface area contributed by atoms with Crippen molar-refractivity contribution in [2.45, 2.75) is 6.10 Å². The lowest BCUT2D eigenvalue weighted by Crippen LogP contribution is -2.38. The lowest BCUT2D eigenvalue weighted by molar-refractivity contribution is 0.106. The molecule has 1 aromatic rings. The molecule has 0 aliphatic rings. The van der Waals surface area contributed by atoms with Crippen LogP contribution in [0.4, 0.5) is 4.79 Å². The maximum atomic E-state index is 10.4. The molecule has 1 unspecified atom stereocenters. The molecule has 0 fully saturated rings. The maximum Gasteiger partial charge on any atom is 0.312 e. The van der Waals surface area contributed by atoms with Gasteiger partial charge in [0.05, 0.1) is 0 Å². The molecular weight excluding hydrogens is 234 g/mol. The number of hydrogen-bond acceptors (Lipinski definition) is 4. The Morgan fingerprint density at radius 1 is 1.33 bits per heavy atom. The monoisotopic (exact) mass is 253 g/mol. The van der Waals surface area contributed by atoms with Gasteiger partial charge in [-0.2, -0.15) is 0 Å². The largest absolute Gasteiger partial charge is 0.491 e. The van der Waals surface area contributed by atoms with Crippen LogP contribution >= 0.6 is 0 Å². The second-order valence-corrected chi connectivity index (χ2v) is 3.77. The SMILES string of the molecule is NC(=O)NCCNCC(O)COc1ccccc1. The summed E-state index contributed by atoms with van der Waals surface area (Å²) in [6.45, 7) is 1.60. The molecule has 0 saturated carbocycles. The number of primary amides is 1. The first kappa shape index (κ1) is 14.3. The zero-order chi connectivity index (χ0) is 13.2. The van der Waals surface area contributed by atoms with Gasteiger partial charge in [-0.3, -0.25) is 0 Å². The van der Waals surface area contributed by atoms with Crippen LogP contribution in [0.25, 0.3) is 0 Å². The van der Waals surface area contributed by atoms with Crippen molar-refractivity contribution in [3.8, 4) is 5.75 Å². The highest BCUT2D eigenvalue weighted by atomic mass is 16.5. The van der Waals surface area contributed by atoms with Crippen LogP contribution in [0.1, 0.15) is 0 Å². The van der Waals surface area contributed by atoms with Gasteiger partial charge in [0.2, 0.25) is 0 Å². The fourth-order valence-corrected chi connectivity index (χ4v) is 1.31. The summed E-state index contributed by atoms with van der Waals surface area (Å²) in [7, 11) is 0. The van der Waals surface area contributed by atoms with Crippen LogP contribution in [0, 0.1) is 0 Å². The number of nitrogens with two attached hydrogens (primary N) is 1. The zero-order valence-electron chi connectivity index (χ0n) is 10.1. The van der Waals surface area contributed by atoms with E-state index in [4.69, 9.17) is 10.5 Å². The lowest BCUT2D eigenvalue weighted by atomic mass is 10.3. The normalized spacial score (nSPS) is 11.8. The van der Waals surface area contributed by atoms with Gasteiger partial charge < -0.3 is 26.2 Å². The van der Waals surface area contributed by atoms with Crippen molar-refractivity contribution < 1.29 is 14.6 Å². The molecule has 0 spiro atoms. The van der Waals surface area contributed by atoms with E-state index < -0.39 is 12.1 Å². The number of carbonyl (C=O) groups excluding carboxylic acids is 1. The highest BCUT2D eigenvalue weighted by Crippen LogP contribution is 2.08. The van der Waals surface area contributed by atoms with Gasteiger partial charge in [0.25, 0.3) is 0 Å². The fraction of sp³-hybridized carbons (Fsp3) is 0.417. The second-order valence-electron chi connectivity index (χ2n) is 3.77. The zero-order valence-corrected chi connectivity index (χ0v) is 10.1. The number of urea groups is 1. The molecule has 0 bridgehead atoms. The lowest BCUT2D eigenvalue weighted by Gasteiger charge is -2.13. The molecule has 0 saturated heterocycles. The number of carbonyl (C=O) groups is 1. The van der Waals surface area contributed by atoms with Gasteiger partial charge in [0.15, 0.2) is 0 Å². The molecule has 6 heteroatoms. The Hall–Kier alpha value is -1.79. The minimum absolute atomic E-state index is 0.222. The van der Waals surface area contributed by atoms with Crippen molar-refractivity contribution in [2.75, 3.05) is 26.2 Å². The van der Waals surface area contributed by atoms with Gasteiger partial charge >= 0.3 is 6.03 Å². The molecule has 5 N–H and O–H groups in total. The molecular formula is C12H19N3O3. The van der Waals surface area contributed by atoms with Crippen molar-refractivity contribution in [2.24, 2.45) is 5.73 Å². The van der Waals surface area contributed by atoms with Gasteiger partial charge in [0, 0.05) is 19.6 Å². The van der Waals surface area contributed by atoms with E-state index in [-0.39, 0.29) is 6.61 Å². The van der Waals surface area contributed by atoms with Crippen molar-refractivity contribution in [3.05, 3.63) is 30.3 Å². The maximum absolute atomic E-state index is 10.4. The van der Waals surface area contributed by atoms with E-state index in [0.717, 1.165) is 5.75 Å². The number of nitrogens with one attached hydrogen (secondary N) is 2. The Labute approximate surface area is 106 Å².